The molecule has 0 aliphatic heterocycles. The van der Waals surface area contributed by atoms with E-state index in [1.807, 2.05) is 29.6 Å². The summed E-state index contributed by atoms with van der Waals surface area (Å²) in [5.74, 6) is 0. The number of rotatable bonds is 4. The third-order valence-electron chi connectivity index (χ3n) is 2.24. The Bertz CT molecular complexity index is 569. The number of carbonyl (C=O) groups excluding carboxylic acids is 1. The molecule has 2 aromatic rings. The summed E-state index contributed by atoms with van der Waals surface area (Å²) in [6.07, 6.45) is 1.60. The zero-order valence-corrected chi connectivity index (χ0v) is 11.5. The van der Waals surface area contributed by atoms with Crippen LogP contribution >= 0.6 is 22.9 Å². The largest absolute Gasteiger partial charge is 0.335 e. The molecule has 98 valence electrons. The maximum atomic E-state index is 11.5. The fraction of sp³-hybridized carbons (Fsp3) is 0.0769. The molecule has 0 radical (unpaired) electrons. The molecule has 2 amide bonds. The SMILES string of the molecule is O=C(NCc1cccc(Cl)c1)NN=Cc1cccs1. The molecule has 0 bridgehead atoms. The first-order valence-corrected chi connectivity index (χ1v) is 6.84. The number of urea groups is 1. The van der Waals surface area contributed by atoms with Crippen LogP contribution in [-0.4, -0.2) is 12.2 Å². The monoisotopic (exact) mass is 293 g/mol. The van der Waals surface area contributed by atoms with E-state index in [0.29, 0.717) is 11.6 Å². The van der Waals surface area contributed by atoms with Gasteiger partial charge in [-0.05, 0) is 29.1 Å². The number of hydrogen-bond donors (Lipinski definition) is 2. The second-order valence-electron chi connectivity index (χ2n) is 3.70. The highest BCUT2D eigenvalue weighted by Gasteiger charge is 1.99. The van der Waals surface area contributed by atoms with Crippen molar-refractivity contribution >= 4 is 35.2 Å². The Labute approximate surface area is 120 Å². The predicted molar refractivity (Wildman–Crippen MR) is 78.7 cm³/mol. The lowest BCUT2D eigenvalue weighted by molar-refractivity contribution is 0.241. The van der Waals surface area contributed by atoms with Gasteiger partial charge in [0.25, 0.3) is 0 Å². The lowest BCUT2D eigenvalue weighted by atomic mass is 10.2. The lowest BCUT2D eigenvalue weighted by Crippen LogP contribution is -2.31. The number of nitrogens with one attached hydrogen (secondary N) is 2. The van der Waals surface area contributed by atoms with Crippen molar-refractivity contribution in [1.82, 2.24) is 10.7 Å². The summed E-state index contributed by atoms with van der Waals surface area (Å²) in [4.78, 5) is 12.4. The molecule has 0 spiro atoms. The van der Waals surface area contributed by atoms with Gasteiger partial charge >= 0.3 is 6.03 Å². The minimum Gasteiger partial charge on any atom is -0.333 e. The molecule has 0 saturated carbocycles. The Balaban J connectivity index is 1.76. The van der Waals surface area contributed by atoms with E-state index in [2.05, 4.69) is 15.8 Å². The van der Waals surface area contributed by atoms with Gasteiger partial charge in [0.1, 0.15) is 0 Å². The Morgan fingerprint density at radius 1 is 1.37 bits per heavy atom. The van der Waals surface area contributed by atoms with E-state index in [9.17, 15) is 4.79 Å². The van der Waals surface area contributed by atoms with Crippen molar-refractivity contribution in [2.24, 2.45) is 5.10 Å². The highest BCUT2D eigenvalue weighted by molar-refractivity contribution is 7.11. The van der Waals surface area contributed by atoms with E-state index in [4.69, 9.17) is 11.6 Å². The molecule has 19 heavy (non-hydrogen) atoms. The highest BCUT2D eigenvalue weighted by Crippen LogP contribution is 2.10. The van der Waals surface area contributed by atoms with Crippen molar-refractivity contribution < 1.29 is 4.79 Å². The lowest BCUT2D eigenvalue weighted by Gasteiger charge is -2.04. The molecule has 1 aromatic heterocycles. The number of carbonyl (C=O) groups is 1. The average Bonchev–Trinajstić information content (AvgIpc) is 2.90. The van der Waals surface area contributed by atoms with Gasteiger partial charge in [0, 0.05) is 16.4 Å². The van der Waals surface area contributed by atoms with E-state index in [1.54, 1.807) is 29.7 Å². The maximum absolute atomic E-state index is 11.5. The average molecular weight is 294 g/mol. The highest BCUT2D eigenvalue weighted by atomic mass is 35.5. The molecular formula is C13H12ClN3OS. The Hall–Kier alpha value is -1.85. The zero-order valence-electron chi connectivity index (χ0n) is 9.97. The summed E-state index contributed by atoms with van der Waals surface area (Å²) < 4.78 is 0. The van der Waals surface area contributed by atoms with Crippen molar-refractivity contribution in [2.75, 3.05) is 0 Å². The second kappa shape index (κ2) is 6.92. The third-order valence-corrected chi connectivity index (χ3v) is 3.29. The van der Waals surface area contributed by atoms with E-state index in [0.717, 1.165) is 10.4 Å². The number of amides is 2. The van der Waals surface area contributed by atoms with E-state index >= 15 is 0 Å². The molecule has 0 unspecified atom stereocenters. The number of halogens is 1. The van der Waals surface area contributed by atoms with Gasteiger partial charge in [0.15, 0.2) is 0 Å². The fourth-order valence-corrected chi connectivity index (χ4v) is 2.19. The van der Waals surface area contributed by atoms with Gasteiger partial charge in [-0.15, -0.1) is 11.3 Å². The fourth-order valence-electron chi connectivity index (χ4n) is 1.39. The van der Waals surface area contributed by atoms with Gasteiger partial charge in [-0.2, -0.15) is 5.10 Å². The van der Waals surface area contributed by atoms with Crippen LogP contribution in [-0.2, 0) is 6.54 Å². The molecule has 0 atom stereocenters. The van der Waals surface area contributed by atoms with Crippen LogP contribution in [0.15, 0.2) is 46.9 Å². The van der Waals surface area contributed by atoms with Crippen molar-refractivity contribution in [3.05, 3.63) is 57.2 Å². The summed E-state index contributed by atoms with van der Waals surface area (Å²) in [6, 6.07) is 10.8. The molecule has 0 fully saturated rings. The Kier molecular flexibility index (Phi) is 4.94. The molecule has 6 heteroatoms. The molecule has 1 heterocycles. The predicted octanol–water partition coefficient (Wildman–Crippen LogP) is 3.23. The molecular weight excluding hydrogens is 282 g/mol. The van der Waals surface area contributed by atoms with Crippen LogP contribution in [0.25, 0.3) is 0 Å². The normalized spacial score (nSPS) is 10.6. The first-order chi connectivity index (χ1) is 9.24. The van der Waals surface area contributed by atoms with Crippen molar-refractivity contribution in [2.45, 2.75) is 6.54 Å². The van der Waals surface area contributed by atoms with Crippen LogP contribution in [0.2, 0.25) is 5.02 Å². The van der Waals surface area contributed by atoms with E-state index in [-0.39, 0.29) is 6.03 Å². The van der Waals surface area contributed by atoms with Crippen molar-refractivity contribution in [3.8, 4) is 0 Å². The summed E-state index contributed by atoms with van der Waals surface area (Å²) in [5, 5.41) is 9.12. The summed E-state index contributed by atoms with van der Waals surface area (Å²) in [5.41, 5.74) is 3.33. The summed E-state index contributed by atoms with van der Waals surface area (Å²) in [7, 11) is 0. The minimum atomic E-state index is -0.354. The molecule has 2 N–H and O–H groups in total. The van der Waals surface area contributed by atoms with Crippen molar-refractivity contribution in [1.29, 1.82) is 0 Å². The quantitative estimate of drug-likeness (QED) is 0.660. The van der Waals surface area contributed by atoms with Gasteiger partial charge < -0.3 is 5.32 Å². The molecule has 0 aliphatic carbocycles. The van der Waals surface area contributed by atoms with Crippen LogP contribution in [0.3, 0.4) is 0 Å². The van der Waals surface area contributed by atoms with Crippen molar-refractivity contribution in [3.63, 3.8) is 0 Å². The zero-order chi connectivity index (χ0) is 13.5. The van der Waals surface area contributed by atoms with Crippen LogP contribution in [0.4, 0.5) is 4.79 Å². The van der Waals surface area contributed by atoms with Gasteiger partial charge in [0.05, 0.1) is 6.21 Å². The van der Waals surface area contributed by atoms with Crippen LogP contribution in [0.5, 0.6) is 0 Å². The number of thiophene rings is 1. The first kappa shape index (κ1) is 13.6. The third kappa shape index (κ3) is 4.73. The molecule has 4 nitrogen and oxygen atoms in total. The summed E-state index contributed by atoms with van der Waals surface area (Å²) >= 11 is 7.40. The first-order valence-electron chi connectivity index (χ1n) is 5.59. The van der Waals surface area contributed by atoms with Gasteiger partial charge in [-0.3, -0.25) is 0 Å². The molecule has 1 aromatic carbocycles. The van der Waals surface area contributed by atoms with Gasteiger partial charge in [-0.1, -0.05) is 29.8 Å². The minimum absolute atomic E-state index is 0.354. The number of hydrogen-bond acceptors (Lipinski definition) is 3. The topological polar surface area (TPSA) is 53.5 Å². The number of hydrazone groups is 1. The van der Waals surface area contributed by atoms with Gasteiger partial charge in [-0.25, -0.2) is 10.2 Å². The summed E-state index contributed by atoms with van der Waals surface area (Å²) in [6.45, 7) is 0.404. The Morgan fingerprint density at radius 3 is 3.00 bits per heavy atom. The standard InChI is InChI=1S/C13H12ClN3OS/c14-11-4-1-3-10(7-11)8-15-13(18)17-16-9-12-5-2-6-19-12/h1-7,9H,8H2,(H2,15,17,18). The second-order valence-corrected chi connectivity index (χ2v) is 5.11. The molecule has 0 saturated heterocycles. The number of benzene rings is 1. The van der Waals surface area contributed by atoms with E-state index in [1.165, 1.54) is 0 Å². The van der Waals surface area contributed by atoms with Crippen LogP contribution in [0.1, 0.15) is 10.4 Å². The molecule has 2 rings (SSSR count). The van der Waals surface area contributed by atoms with Crippen LogP contribution < -0.4 is 10.7 Å². The number of nitrogens with zero attached hydrogens (tertiary/aromatic N) is 1. The van der Waals surface area contributed by atoms with Crippen LogP contribution in [0, 0.1) is 0 Å². The Morgan fingerprint density at radius 2 is 2.26 bits per heavy atom. The smallest absolute Gasteiger partial charge is 0.333 e. The molecule has 0 aliphatic rings. The maximum Gasteiger partial charge on any atom is 0.335 e. The van der Waals surface area contributed by atoms with E-state index < -0.39 is 0 Å². The van der Waals surface area contributed by atoms with Gasteiger partial charge in [0.2, 0.25) is 0 Å².